The minimum absolute atomic E-state index is 0.0593. The van der Waals surface area contributed by atoms with Crippen molar-refractivity contribution in [3.8, 4) is 0 Å². The largest absolute Gasteiger partial charge is 0.276 e. The summed E-state index contributed by atoms with van der Waals surface area (Å²) in [6.45, 7) is 2.18. The maximum atomic E-state index is 12.2. The number of fused-ring (bicyclic) bond motifs is 1. The SMILES string of the molecule is CCC1CCc2sc(C(=O)NNS(=O)(=O)c3ccc(Cl)s3)cc2C1. The number of carbonyl (C=O) groups excluding carboxylic acids is 1. The van der Waals surface area contributed by atoms with Gasteiger partial charge in [-0.3, -0.25) is 10.2 Å². The van der Waals surface area contributed by atoms with Gasteiger partial charge in [0.05, 0.1) is 9.21 Å². The zero-order chi connectivity index (χ0) is 17.3. The van der Waals surface area contributed by atoms with Crippen LogP contribution in [0.1, 0.15) is 39.9 Å². The lowest BCUT2D eigenvalue weighted by Crippen LogP contribution is -2.40. The molecule has 130 valence electrons. The van der Waals surface area contributed by atoms with Gasteiger partial charge in [-0.05, 0) is 48.9 Å². The minimum atomic E-state index is -3.80. The van der Waals surface area contributed by atoms with Crippen LogP contribution in [0.15, 0.2) is 22.4 Å². The highest BCUT2D eigenvalue weighted by Crippen LogP contribution is 2.33. The van der Waals surface area contributed by atoms with Crippen LogP contribution in [-0.2, 0) is 22.9 Å². The van der Waals surface area contributed by atoms with Crippen molar-refractivity contribution in [1.29, 1.82) is 0 Å². The lowest BCUT2D eigenvalue weighted by Gasteiger charge is -2.19. The lowest BCUT2D eigenvalue weighted by molar-refractivity contribution is 0.0949. The van der Waals surface area contributed by atoms with Crippen LogP contribution in [0, 0.1) is 5.92 Å². The number of rotatable bonds is 5. The van der Waals surface area contributed by atoms with Crippen LogP contribution in [-0.4, -0.2) is 14.3 Å². The number of aryl methyl sites for hydroxylation is 1. The van der Waals surface area contributed by atoms with E-state index in [1.54, 1.807) is 0 Å². The molecule has 2 N–H and O–H groups in total. The first-order valence-electron chi connectivity index (χ1n) is 7.58. The Bertz CT molecular complexity index is 857. The second-order valence-electron chi connectivity index (χ2n) is 5.69. The Morgan fingerprint density at radius 1 is 1.38 bits per heavy atom. The number of carbonyl (C=O) groups is 1. The van der Waals surface area contributed by atoms with Gasteiger partial charge in [0.2, 0.25) is 0 Å². The average molecular weight is 405 g/mol. The summed E-state index contributed by atoms with van der Waals surface area (Å²) < 4.78 is 24.6. The number of halogens is 1. The number of sulfonamides is 1. The van der Waals surface area contributed by atoms with Crippen molar-refractivity contribution in [3.05, 3.63) is 37.9 Å². The monoisotopic (exact) mass is 404 g/mol. The van der Waals surface area contributed by atoms with E-state index < -0.39 is 15.9 Å². The summed E-state index contributed by atoms with van der Waals surface area (Å²) in [6.07, 6.45) is 4.27. The van der Waals surface area contributed by atoms with E-state index in [9.17, 15) is 13.2 Å². The molecular weight excluding hydrogens is 388 g/mol. The zero-order valence-corrected chi connectivity index (χ0v) is 16.2. The fourth-order valence-electron chi connectivity index (χ4n) is 2.73. The molecule has 3 rings (SSSR count). The Morgan fingerprint density at radius 2 is 2.17 bits per heavy atom. The third kappa shape index (κ3) is 3.83. The summed E-state index contributed by atoms with van der Waals surface area (Å²) in [4.78, 5) is 16.1. The van der Waals surface area contributed by atoms with Crippen LogP contribution in [0.2, 0.25) is 4.34 Å². The van der Waals surface area contributed by atoms with E-state index >= 15 is 0 Å². The third-order valence-electron chi connectivity index (χ3n) is 4.10. The molecule has 2 heterocycles. The molecule has 0 aromatic carbocycles. The Labute approximate surface area is 154 Å². The van der Waals surface area contributed by atoms with Gasteiger partial charge < -0.3 is 0 Å². The van der Waals surface area contributed by atoms with Gasteiger partial charge in [0.25, 0.3) is 15.9 Å². The molecule has 0 bridgehead atoms. The molecule has 0 fully saturated rings. The highest BCUT2D eigenvalue weighted by Gasteiger charge is 2.23. The van der Waals surface area contributed by atoms with Gasteiger partial charge in [0.15, 0.2) is 0 Å². The van der Waals surface area contributed by atoms with E-state index in [1.165, 1.54) is 33.9 Å². The maximum Gasteiger partial charge on any atom is 0.276 e. The summed E-state index contributed by atoms with van der Waals surface area (Å²) in [5.74, 6) is 0.235. The molecule has 0 aliphatic heterocycles. The summed E-state index contributed by atoms with van der Waals surface area (Å²) in [6, 6.07) is 4.78. The molecule has 5 nitrogen and oxygen atoms in total. The van der Waals surface area contributed by atoms with Crippen LogP contribution in [0.3, 0.4) is 0 Å². The van der Waals surface area contributed by atoms with E-state index in [2.05, 4.69) is 17.2 Å². The first kappa shape index (κ1) is 17.9. The number of thiophene rings is 2. The van der Waals surface area contributed by atoms with Gasteiger partial charge in [-0.15, -0.1) is 27.5 Å². The van der Waals surface area contributed by atoms with Crippen LogP contribution >= 0.6 is 34.3 Å². The van der Waals surface area contributed by atoms with Crippen molar-refractivity contribution in [2.75, 3.05) is 0 Å². The quantitative estimate of drug-likeness (QED) is 0.747. The van der Waals surface area contributed by atoms with Crippen molar-refractivity contribution in [1.82, 2.24) is 10.3 Å². The molecule has 0 saturated heterocycles. The van der Waals surface area contributed by atoms with Gasteiger partial charge in [0, 0.05) is 4.88 Å². The minimum Gasteiger partial charge on any atom is -0.273 e. The predicted octanol–water partition coefficient (Wildman–Crippen LogP) is 3.60. The zero-order valence-electron chi connectivity index (χ0n) is 13.0. The number of hydrogen-bond acceptors (Lipinski definition) is 5. The Balaban J connectivity index is 1.67. The molecular formula is C15H17ClN2O3S3. The van der Waals surface area contributed by atoms with Crippen LogP contribution in [0.5, 0.6) is 0 Å². The highest BCUT2D eigenvalue weighted by molar-refractivity contribution is 7.91. The summed E-state index contributed by atoms with van der Waals surface area (Å²) in [5.41, 5.74) is 3.50. The smallest absolute Gasteiger partial charge is 0.273 e. The molecule has 1 atom stereocenters. The summed E-state index contributed by atoms with van der Waals surface area (Å²) >= 11 is 8.12. The first-order chi connectivity index (χ1) is 11.4. The van der Waals surface area contributed by atoms with Gasteiger partial charge in [0.1, 0.15) is 4.21 Å². The van der Waals surface area contributed by atoms with Crippen molar-refractivity contribution >= 4 is 50.2 Å². The number of hydrazine groups is 1. The molecule has 1 amide bonds. The van der Waals surface area contributed by atoms with Crippen molar-refractivity contribution < 1.29 is 13.2 Å². The van der Waals surface area contributed by atoms with Gasteiger partial charge in [-0.2, -0.15) is 0 Å². The van der Waals surface area contributed by atoms with Crippen LogP contribution in [0.4, 0.5) is 0 Å². The molecule has 2 aromatic heterocycles. The van der Waals surface area contributed by atoms with Crippen LogP contribution < -0.4 is 10.3 Å². The third-order valence-corrected chi connectivity index (χ3v) is 8.30. The van der Waals surface area contributed by atoms with Crippen LogP contribution in [0.25, 0.3) is 0 Å². The Kier molecular flexibility index (Phi) is 5.31. The van der Waals surface area contributed by atoms with E-state index in [0.717, 1.165) is 37.0 Å². The summed E-state index contributed by atoms with van der Waals surface area (Å²) in [7, 11) is -3.80. The molecule has 2 aromatic rings. The standard InChI is InChI=1S/C15H17ClN2O3S3/c1-2-9-3-4-11-10(7-9)8-12(22-11)15(19)17-18-24(20,21)14-6-5-13(16)23-14/h5-6,8-9,18H,2-4,7H2,1H3,(H,17,19). The molecule has 0 spiro atoms. The predicted molar refractivity (Wildman–Crippen MR) is 97.2 cm³/mol. The van der Waals surface area contributed by atoms with E-state index in [1.807, 2.05) is 6.07 Å². The fraction of sp³-hybridized carbons (Fsp3) is 0.400. The normalized spacial score (nSPS) is 17.5. The Morgan fingerprint density at radius 3 is 2.83 bits per heavy atom. The highest BCUT2D eigenvalue weighted by atomic mass is 35.5. The van der Waals surface area contributed by atoms with E-state index in [-0.39, 0.29) is 4.21 Å². The van der Waals surface area contributed by atoms with Crippen molar-refractivity contribution in [2.45, 2.75) is 36.8 Å². The first-order valence-corrected chi connectivity index (χ1v) is 11.1. The number of amides is 1. The molecule has 0 saturated carbocycles. The van der Waals surface area contributed by atoms with Gasteiger partial charge >= 0.3 is 0 Å². The van der Waals surface area contributed by atoms with E-state index in [4.69, 9.17) is 11.6 Å². The second-order valence-corrected chi connectivity index (χ2v) is 10.5. The molecule has 1 unspecified atom stereocenters. The van der Waals surface area contributed by atoms with Crippen molar-refractivity contribution in [2.24, 2.45) is 5.92 Å². The fourth-order valence-corrected chi connectivity index (χ4v) is 6.15. The topological polar surface area (TPSA) is 75.3 Å². The molecule has 1 aliphatic rings. The summed E-state index contributed by atoms with van der Waals surface area (Å²) in [5, 5.41) is 0. The number of nitrogens with one attached hydrogen (secondary N) is 2. The molecule has 24 heavy (non-hydrogen) atoms. The van der Waals surface area contributed by atoms with E-state index in [0.29, 0.717) is 15.1 Å². The number of hydrogen-bond donors (Lipinski definition) is 2. The molecule has 9 heteroatoms. The van der Waals surface area contributed by atoms with Gasteiger partial charge in [-0.25, -0.2) is 8.42 Å². The molecule has 0 radical (unpaired) electrons. The second kappa shape index (κ2) is 7.13. The lowest BCUT2D eigenvalue weighted by atomic mass is 9.87. The van der Waals surface area contributed by atoms with Crippen molar-refractivity contribution in [3.63, 3.8) is 0 Å². The maximum absolute atomic E-state index is 12.2. The Hall–Kier alpha value is -0.930. The average Bonchev–Trinajstić information content (AvgIpc) is 3.18. The van der Waals surface area contributed by atoms with Gasteiger partial charge in [-0.1, -0.05) is 24.9 Å². The molecule has 1 aliphatic carbocycles.